The molecule has 1 aliphatic carbocycles. The molecule has 0 bridgehead atoms. The molecule has 0 saturated carbocycles. The fraction of sp³-hybridized carbons (Fsp3) is 0.222. The summed E-state index contributed by atoms with van der Waals surface area (Å²) in [7, 11) is 0. The summed E-state index contributed by atoms with van der Waals surface area (Å²) in [5.41, 5.74) is 6.61. The van der Waals surface area contributed by atoms with E-state index in [0.717, 1.165) is 12.8 Å². The zero-order valence-corrected chi connectivity index (χ0v) is 11.0. The van der Waals surface area contributed by atoms with Crippen LogP contribution in [0.3, 0.4) is 0 Å². The molecule has 2 aromatic rings. The molecule has 1 N–H and O–H groups in total. The number of aryl methyl sites for hydroxylation is 2. The van der Waals surface area contributed by atoms with Crippen LogP contribution in [-0.2, 0) is 12.8 Å². The van der Waals surface area contributed by atoms with Crippen molar-refractivity contribution >= 4 is 11.6 Å². The normalized spacial score (nSPS) is 13.8. The van der Waals surface area contributed by atoms with E-state index in [4.69, 9.17) is 0 Å². The van der Waals surface area contributed by atoms with Crippen molar-refractivity contribution in [2.24, 2.45) is 0 Å². The zero-order valence-electron chi connectivity index (χ0n) is 11.0. The molecular weight excluding hydrogens is 232 g/mol. The van der Waals surface area contributed by atoms with E-state index in [2.05, 4.69) is 54.6 Å². The average molecular weight is 250 g/mol. The molecule has 1 nitrogen and oxygen atoms in total. The molecule has 96 valence electrons. The first-order chi connectivity index (χ1) is 9.38. The van der Waals surface area contributed by atoms with Gasteiger partial charge in [0.05, 0.1) is 0 Å². The van der Waals surface area contributed by atoms with Crippen molar-refractivity contribution in [3.63, 3.8) is 0 Å². The van der Waals surface area contributed by atoms with Crippen molar-refractivity contribution in [3.8, 4) is 0 Å². The second kappa shape index (κ2) is 5.41. The number of aliphatic hydroxyl groups is 1. The Labute approximate surface area is 114 Å². The Hall–Kier alpha value is -1.86. The van der Waals surface area contributed by atoms with Gasteiger partial charge in [0.25, 0.3) is 0 Å². The summed E-state index contributed by atoms with van der Waals surface area (Å²) in [6.45, 7) is 0.197. The molecule has 0 saturated heterocycles. The fourth-order valence-electron chi connectivity index (χ4n) is 2.82. The van der Waals surface area contributed by atoms with Gasteiger partial charge in [-0.1, -0.05) is 54.6 Å². The molecule has 0 fully saturated rings. The van der Waals surface area contributed by atoms with E-state index in [9.17, 15) is 5.11 Å². The second-order valence-corrected chi connectivity index (χ2v) is 5.00. The molecular formula is C18H18O. The quantitative estimate of drug-likeness (QED) is 0.861. The third-order valence-electron chi connectivity index (χ3n) is 3.79. The lowest BCUT2D eigenvalue weighted by molar-refractivity contribution is 0.305. The molecule has 0 atom stereocenters. The largest absolute Gasteiger partial charge is 0.396 e. The molecule has 19 heavy (non-hydrogen) atoms. The summed E-state index contributed by atoms with van der Waals surface area (Å²) in [5.74, 6) is 0. The van der Waals surface area contributed by atoms with Gasteiger partial charge in [0.2, 0.25) is 0 Å². The summed E-state index contributed by atoms with van der Waals surface area (Å²) >= 11 is 0. The smallest absolute Gasteiger partial charge is 0.0471 e. The fourth-order valence-corrected chi connectivity index (χ4v) is 2.82. The van der Waals surface area contributed by atoms with Crippen molar-refractivity contribution in [3.05, 3.63) is 70.8 Å². The van der Waals surface area contributed by atoms with Gasteiger partial charge in [-0.15, -0.1) is 0 Å². The van der Waals surface area contributed by atoms with E-state index in [-0.39, 0.29) is 6.61 Å². The van der Waals surface area contributed by atoms with E-state index in [1.54, 1.807) is 0 Å². The molecule has 0 aliphatic heterocycles. The standard InChI is InChI=1S/C18H18O/c19-12-11-17-13-16-7-2-1-5-14(16)9-10-15-6-3-4-8-18(15)17/h1-8,13,19H,9-12H2. The lowest BCUT2D eigenvalue weighted by atomic mass is 9.88. The van der Waals surface area contributed by atoms with Crippen LogP contribution < -0.4 is 0 Å². The van der Waals surface area contributed by atoms with Crippen molar-refractivity contribution in [1.82, 2.24) is 0 Å². The van der Waals surface area contributed by atoms with Crippen LogP contribution in [0, 0.1) is 0 Å². The molecule has 0 spiro atoms. The first-order valence-corrected chi connectivity index (χ1v) is 6.86. The Bertz CT molecular complexity index is 611. The second-order valence-electron chi connectivity index (χ2n) is 5.00. The lowest BCUT2D eigenvalue weighted by Crippen LogP contribution is -2.02. The number of benzene rings is 2. The minimum atomic E-state index is 0.197. The maximum Gasteiger partial charge on any atom is 0.0471 e. The SMILES string of the molecule is OCCC1=Cc2ccccc2CCc2ccccc21. The highest BCUT2D eigenvalue weighted by Crippen LogP contribution is 2.29. The Balaban J connectivity index is 2.16. The highest BCUT2D eigenvalue weighted by atomic mass is 16.2. The van der Waals surface area contributed by atoms with Gasteiger partial charge < -0.3 is 5.11 Å². The topological polar surface area (TPSA) is 20.2 Å². The highest BCUT2D eigenvalue weighted by Gasteiger charge is 2.12. The summed E-state index contributed by atoms with van der Waals surface area (Å²) in [5, 5.41) is 9.31. The van der Waals surface area contributed by atoms with Gasteiger partial charge in [0.1, 0.15) is 0 Å². The minimum Gasteiger partial charge on any atom is -0.396 e. The van der Waals surface area contributed by atoms with Gasteiger partial charge in [-0.3, -0.25) is 0 Å². The maximum absolute atomic E-state index is 9.31. The number of rotatable bonds is 2. The molecule has 0 unspecified atom stereocenters. The minimum absolute atomic E-state index is 0.197. The number of aliphatic hydroxyl groups excluding tert-OH is 1. The highest BCUT2D eigenvalue weighted by molar-refractivity contribution is 5.84. The third-order valence-corrected chi connectivity index (χ3v) is 3.79. The average Bonchev–Trinajstić information content (AvgIpc) is 2.44. The van der Waals surface area contributed by atoms with E-state index < -0.39 is 0 Å². The first-order valence-electron chi connectivity index (χ1n) is 6.86. The zero-order chi connectivity index (χ0) is 13.1. The molecule has 0 radical (unpaired) electrons. The van der Waals surface area contributed by atoms with Crippen molar-refractivity contribution in [2.45, 2.75) is 19.3 Å². The molecule has 3 rings (SSSR count). The van der Waals surface area contributed by atoms with Crippen LogP contribution in [0.15, 0.2) is 48.5 Å². The first kappa shape index (κ1) is 12.2. The van der Waals surface area contributed by atoms with E-state index in [0.29, 0.717) is 6.42 Å². The van der Waals surface area contributed by atoms with Gasteiger partial charge in [0, 0.05) is 6.61 Å². The Morgan fingerprint density at radius 2 is 1.53 bits per heavy atom. The van der Waals surface area contributed by atoms with E-state index in [1.807, 2.05) is 0 Å². The van der Waals surface area contributed by atoms with Crippen LogP contribution in [0.1, 0.15) is 28.7 Å². The summed E-state index contributed by atoms with van der Waals surface area (Å²) in [4.78, 5) is 0. The van der Waals surface area contributed by atoms with Gasteiger partial charge in [0.15, 0.2) is 0 Å². The molecule has 0 heterocycles. The third kappa shape index (κ3) is 2.47. The molecule has 2 aromatic carbocycles. The van der Waals surface area contributed by atoms with Gasteiger partial charge in [-0.2, -0.15) is 0 Å². The summed E-state index contributed by atoms with van der Waals surface area (Å²) in [6, 6.07) is 17.1. The van der Waals surface area contributed by atoms with Crippen LogP contribution in [0.2, 0.25) is 0 Å². The van der Waals surface area contributed by atoms with Crippen molar-refractivity contribution in [1.29, 1.82) is 0 Å². The summed E-state index contributed by atoms with van der Waals surface area (Å²) in [6.07, 6.45) is 5.10. The number of hydrogen-bond acceptors (Lipinski definition) is 1. The van der Waals surface area contributed by atoms with E-state index >= 15 is 0 Å². The van der Waals surface area contributed by atoms with Gasteiger partial charge >= 0.3 is 0 Å². The molecule has 0 aromatic heterocycles. The van der Waals surface area contributed by atoms with Crippen LogP contribution in [0.5, 0.6) is 0 Å². The Morgan fingerprint density at radius 1 is 0.842 bits per heavy atom. The van der Waals surface area contributed by atoms with Gasteiger partial charge in [-0.05, 0) is 47.1 Å². The predicted octanol–water partition coefficient (Wildman–Crippen LogP) is 3.71. The van der Waals surface area contributed by atoms with Crippen LogP contribution in [-0.4, -0.2) is 11.7 Å². The molecule has 1 aliphatic rings. The number of fused-ring (bicyclic) bond motifs is 2. The van der Waals surface area contributed by atoms with Crippen LogP contribution in [0.4, 0.5) is 0 Å². The molecule has 0 amide bonds. The Morgan fingerprint density at radius 3 is 2.37 bits per heavy atom. The van der Waals surface area contributed by atoms with Crippen molar-refractivity contribution in [2.75, 3.05) is 6.61 Å². The lowest BCUT2D eigenvalue weighted by Gasteiger charge is -2.17. The van der Waals surface area contributed by atoms with E-state index in [1.165, 1.54) is 27.8 Å². The Kier molecular flexibility index (Phi) is 3.47. The maximum atomic E-state index is 9.31. The number of hydrogen-bond donors (Lipinski definition) is 1. The van der Waals surface area contributed by atoms with Crippen LogP contribution in [0.25, 0.3) is 11.6 Å². The summed E-state index contributed by atoms with van der Waals surface area (Å²) < 4.78 is 0. The van der Waals surface area contributed by atoms with Crippen LogP contribution >= 0.6 is 0 Å². The van der Waals surface area contributed by atoms with Crippen molar-refractivity contribution < 1.29 is 5.11 Å². The monoisotopic (exact) mass is 250 g/mol. The predicted molar refractivity (Wildman–Crippen MR) is 79.9 cm³/mol. The molecule has 1 heteroatoms. The van der Waals surface area contributed by atoms with Gasteiger partial charge in [-0.25, -0.2) is 0 Å².